The molecule has 146 valence electrons. The Morgan fingerprint density at radius 2 is 1.68 bits per heavy atom. The first-order chi connectivity index (χ1) is 13.7. The highest BCUT2D eigenvalue weighted by atomic mass is 16.5. The van der Waals surface area contributed by atoms with E-state index in [1.54, 1.807) is 21.3 Å². The van der Waals surface area contributed by atoms with Crippen molar-refractivity contribution in [3.05, 3.63) is 71.8 Å². The van der Waals surface area contributed by atoms with Crippen molar-refractivity contribution in [2.75, 3.05) is 21.3 Å². The van der Waals surface area contributed by atoms with Crippen molar-refractivity contribution in [2.45, 2.75) is 19.9 Å². The topological polar surface area (TPSA) is 48.9 Å². The van der Waals surface area contributed by atoms with Gasteiger partial charge in [0.2, 0.25) is 5.75 Å². The minimum absolute atomic E-state index is 0.597. The highest BCUT2D eigenvalue weighted by molar-refractivity contribution is 5.79. The molecule has 0 amide bonds. The molecule has 2 aromatic carbocycles. The Morgan fingerprint density at radius 3 is 2.25 bits per heavy atom. The monoisotopic (exact) mass is 380 g/mol. The minimum Gasteiger partial charge on any atom is -0.493 e. The third-order valence-corrected chi connectivity index (χ3v) is 4.51. The molecule has 3 rings (SSSR count). The maximum Gasteiger partial charge on any atom is 0.282 e. The lowest BCUT2D eigenvalue weighted by Gasteiger charge is -2.13. The van der Waals surface area contributed by atoms with Gasteiger partial charge >= 0.3 is 0 Å². The predicted octanol–water partition coefficient (Wildman–Crippen LogP) is 3.29. The second-order valence-corrected chi connectivity index (χ2v) is 6.23. The Labute approximate surface area is 165 Å². The van der Waals surface area contributed by atoms with Gasteiger partial charge in [0, 0.05) is 12.0 Å². The maximum atomic E-state index is 5.46. The lowest BCUT2D eigenvalue weighted by atomic mass is 10.1. The van der Waals surface area contributed by atoms with E-state index in [0.29, 0.717) is 23.8 Å². The first kappa shape index (κ1) is 19.5. The molecule has 0 atom stereocenters. The molecule has 0 unspecified atom stereocenters. The molecule has 0 N–H and O–H groups in total. The summed E-state index contributed by atoms with van der Waals surface area (Å²) < 4.78 is 20.4. The van der Waals surface area contributed by atoms with Crippen molar-refractivity contribution in [1.82, 2.24) is 4.68 Å². The lowest BCUT2D eigenvalue weighted by Crippen LogP contribution is -2.37. The van der Waals surface area contributed by atoms with Gasteiger partial charge in [-0.15, -0.1) is 4.68 Å². The van der Waals surface area contributed by atoms with Gasteiger partial charge in [-0.05, 0) is 17.7 Å². The van der Waals surface area contributed by atoms with Gasteiger partial charge in [0.15, 0.2) is 17.7 Å². The average molecular weight is 380 g/mol. The van der Waals surface area contributed by atoms with Gasteiger partial charge in [0.05, 0.1) is 27.5 Å². The van der Waals surface area contributed by atoms with Gasteiger partial charge in [-0.1, -0.05) is 42.4 Å². The molecule has 0 aliphatic heterocycles. The molecule has 0 fully saturated rings. The normalized spacial score (nSPS) is 11.0. The zero-order chi connectivity index (χ0) is 19.9. The van der Waals surface area contributed by atoms with E-state index in [1.807, 2.05) is 65.7 Å². The Morgan fingerprint density at radius 1 is 1.00 bits per heavy atom. The number of aromatic nitrogens is 2. The van der Waals surface area contributed by atoms with Crippen LogP contribution in [-0.2, 0) is 13.0 Å². The Balaban J connectivity index is 1.89. The second-order valence-electron chi connectivity index (χ2n) is 6.23. The van der Waals surface area contributed by atoms with Gasteiger partial charge in [-0.25, -0.2) is 4.57 Å². The van der Waals surface area contributed by atoms with Crippen LogP contribution in [0, 0.1) is 0 Å². The molecule has 6 heteroatoms. The average Bonchev–Trinajstić information content (AvgIpc) is 3.13. The molecule has 1 heterocycles. The van der Waals surface area contributed by atoms with Crippen LogP contribution in [0.2, 0.25) is 0 Å². The van der Waals surface area contributed by atoms with Crippen LogP contribution < -0.4 is 18.8 Å². The molecule has 0 aliphatic carbocycles. The van der Waals surface area contributed by atoms with Crippen LogP contribution in [0.1, 0.15) is 23.9 Å². The fourth-order valence-electron chi connectivity index (χ4n) is 3.15. The first-order valence-corrected chi connectivity index (χ1v) is 9.18. The molecule has 0 radical (unpaired) electrons. The minimum atomic E-state index is 0.597. The molecule has 0 bridgehead atoms. The highest BCUT2D eigenvalue weighted by Gasteiger charge is 2.18. The zero-order valence-electron chi connectivity index (χ0n) is 16.8. The highest BCUT2D eigenvalue weighted by Crippen LogP contribution is 2.38. The fourth-order valence-corrected chi connectivity index (χ4v) is 3.15. The van der Waals surface area contributed by atoms with Crippen molar-refractivity contribution in [3.63, 3.8) is 0 Å². The van der Waals surface area contributed by atoms with E-state index in [9.17, 15) is 0 Å². The van der Waals surface area contributed by atoms with E-state index in [-0.39, 0.29) is 0 Å². The SMILES string of the molecule is CCc1n(N=Cc2ccccc2)cc[n+]1Cc1cc(OC)c(OC)c(OC)c1. The zero-order valence-corrected chi connectivity index (χ0v) is 16.8. The summed E-state index contributed by atoms with van der Waals surface area (Å²) in [6, 6.07) is 14.0. The summed E-state index contributed by atoms with van der Waals surface area (Å²) in [7, 11) is 4.86. The van der Waals surface area contributed by atoms with E-state index in [2.05, 4.69) is 16.6 Å². The molecule has 0 saturated heterocycles. The van der Waals surface area contributed by atoms with Crippen LogP contribution in [0.3, 0.4) is 0 Å². The van der Waals surface area contributed by atoms with E-state index in [0.717, 1.165) is 23.4 Å². The number of rotatable bonds is 8. The molecular weight excluding hydrogens is 354 g/mol. The molecule has 0 aliphatic rings. The molecule has 0 spiro atoms. The number of nitrogens with zero attached hydrogens (tertiary/aromatic N) is 3. The van der Waals surface area contributed by atoms with Crippen LogP contribution in [0.25, 0.3) is 0 Å². The standard InChI is InChI=1S/C22H26N3O3/c1-5-21-24(11-12-25(21)23-15-17-9-7-6-8-10-17)16-18-13-19(26-2)22(28-4)20(14-18)27-3/h6-15H,5,16H2,1-4H3/q+1. The van der Waals surface area contributed by atoms with Crippen molar-refractivity contribution in [3.8, 4) is 17.2 Å². The second kappa shape index (κ2) is 9.08. The summed E-state index contributed by atoms with van der Waals surface area (Å²) in [5, 5.41) is 4.61. The molecule has 28 heavy (non-hydrogen) atoms. The van der Waals surface area contributed by atoms with Crippen LogP contribution in [0.15, 0.2) is 60.0 Å². The summed E-state index contributed by atoms with van der Waals surface area (Å²) in [5.41, 5.74) is 2.12. The number of benzene rings is 2. The van der Waals surface area contributed by atoms with E-state index >= 15 is 0 Å². The Hall–Kier alpha value is -3.28. The molecule has 1 aromatic heterocycles. The predicted molar refractivity (Wildman–Crippen MR) is 109 cm³/mol. The van der Waals surface area contributed by atoms with Crippen LogP contribution in [-0.4, -0.2) is 32.2 Å². The number of methoxy groups -OCH3 is 3. The van der Waals surface area contributed by atoms with E-state index < -0.39 is 0 Å². The van der Waals surface area contributed by atoms with Crippen LogP contribution >= 0.6 is 0 Å². The van der Waals surface area contributed by atoms with Crippen LogP contribution in [0.5, 0.6) is 17.2 Å². The molecule has 3 aromatic rings. The summed E-state index contributed by atoms with van der Waals surface area (Å²) in [5.74, 6) is 2.99. The summed E-state index contributed by atoms with van der Waals surface area (Å²) in [6.07, 6.45) is 6.72. The maximum absolute atomic E-state index is 5.46. The fraction of sp³-hybridized carbons (Fsp3) is 0.273. The van der Waals surface area contributed by atoms with Crippen molar-refractivity contribution in [2.24, 2.45) is 5.10 Å². The largest absolute Gasteiger partial charge is 0.493 e. The Kier molecular flexibility index (Phi) is 6.32. The number of hydrogen-bond donors (Lipinski definition) is 0. The van der Waals surface area contributed by atoms with E-state index in [4.69, 9.17) is 14.2 Å². The van der Waals surface area contributed by atoms with Crippen molar-refractivity contribution in [1.29, 1.82) is 0 Å². The summed E-state index contributed by atoms with van der Waals surface area (Å²) in [4.78, 5) is 0. The molecule has 0 saturated carbocycles. The lowest BCUT2D eigenvalue weighted by molar-refractivity contribution is -0.695. The Bertz CT molecular complexity index is 924. The first-order valence-electron chi connectivity index (χ1n) is 9.18. The van der Waals surface area contributed by atoms with Crippen LogP contribution in [0.4, 0.5) is 0 Å². The van der Waals surface area contributed by atoms with Gasteiger partial charge in [-0.2, -0.15) is 0 Å². The van der Waals surface area contributed by atoms with Gasteiger partial charge < -0.3 is 14.2 Å². The van der Waals surface area contributed by atoms with Gasteiger partial charge in [0.1, 0.15) is 12.7 Å². The molecule has 6 nitrogen and oxygen atoms in total. The van der Waals surface area contributed by atoms with Gasteiger partial charge in [0.25, 0.3) is 5.82 Å². The summed E-state index contributed by atoms with van der Waals surface area (Å²) in [6.45, 7) is 2.79. The third-order valence-electron chi connectivity index (χ3n) is 4.51. The van der Waals surface area contributed by atoms with Gasteiger partial charge in [-0.3, -0.25) is 0 Å². The van der Waals surface area contributed by atoms with Crippen molar-refractivity contribution >= 4 is 6.21 Å². The smallest absolute Gasteiger partial charge is 0.282 e. The molecular formula is C22H26N3O3+. The number of imidazole rings is 1. The third kappa shape index (κ3) is 4.17. The number of hydrogen-bond acceptors (Lipinski definition) is 4. The summed E-state index contributed by atoms with van der Waals surface area (Å²) >= 11 is 0. The van der Waals surface area contributed by atoms with Crippen molar-refractivity contribution < 1.29 is 18.8 Å². The quantitative estimate of drug-likeness (QED) is 0.445. The van der Waals surface area contributed by atoms with E-state index in [1.165, 1.54) is 0 Å². The number of ether oxygens (including phenoxy) is 3.